The van der Waals surface area contributed by atoms with E-state index < -0.39 is 0 Å². The van der Waals surface area contributed by atoms with E-state index in [0.717, 1.165) is 0 Å². The molecule has 0 atom stereocenters. The third kappa shape index (κ3) is 3.62. The van der Waals surface area contributed by atoms with Gasteiger partial charge in [-0.25, -0.2) is 0 Å². The zero-order valence-electron chi connectivity index (χ0n) is 15.2. The third-order valence-corrected chi connectivity index (χ3v) is 5.63. The van der Waals surface area contributed by atoms with Crippen molar-refractivity contribution in [2.45, 2.75) is 83.1 Å². The SMILES string of the molecule is C/C=C\C(C)(C)C(C)(C)C(C)(C)C(C)(C)C.CC. The van der Waals surface area contributed by atoms with Gasteiger partial charge in [-0.05, 0) is 28.6 Å². The second kappa shape index (κ2) is 6.26. The number of rotatable bonds is 3. The third-order valence-electron chi connectivity index (χ3n) is 5.63. The largest absolute Gasteiger partial charge is 0.0911 e. The quantitative estimate of drug-likeness (QED) is 0.491. The number of hydrogen-bond donors (Lipinski definition) is 0. The molecular weight excluding hydrogens is 216 g/mol. The Labute approximate surface area is 117 Å². The Balaban J connectivity index is 0. The molecule has 0 amide bonds. The van der Waals surface area contributed by atoms with Crippen LogP contribution in [0.3, 0.4) is 0 Å². The van der Waals surface area contributed by atoms with E-state index in [1.807, 2.05) is 13.8 Å². The van der Waals surface area contributed by atoms with Crippen LogP contribution in [-0.2, 0) is 0 Å². The van der Waals surface area contributed by atoms with Gasteiger partial charge in [-0.3, -0.25) is 0 Å². The minimum atomic E-state index is 0.207. The van der Waals surface area contributed by atoms with E-state index in [1.54, 1.807) is 0 Å². The van der Waals surface area contributed by atoms with Crippen LogP contribution in [0.25, 0.3) is 0 Å². The molecule has 0 spiro atoms. The van der Waals surface area contributed by atoms with Crippen molar-refractivity contribution >= 4 is 0 Å². The zero-order chi connectivity index (χ0) is 15.4. The maximum Gasteiger partial charge on any atom is -0.0119 e. The van der Waals surface area contributed by atoms with E-state index in [0.29, 0.717) is 5.41 Å². The highest BCUT2D eigenvalue weighted by Gasteiger charge is 2.51. The van der Waals surface area contributed by atoms with Crippen molar-refractivity contribution in [2.75, 3.05) is 0 Å². The molecule has 0 radical (unpaired) electrons. The summed E-state index contributed by atoms with van der Waals surface area (Å²) in [6.07, 6.45) is 4.53. The average molecular weight is 255 g/mol. The lowest BCUT2D eigenvalue weighted by atomic mass is 9.48. The fourth-order valence-corrected chi connectivity index (χ4v) is 2.37. The Morgan fingerprint density at radius 1 is 0.611 bits per heavy atom. The van der Waals surface area contributed by atoms with Crippen LogP contribution in [0, 0.1) is 21.7 Å². The molecule has 0 fully saturated rings. The first kappa shape index (κ1) is 20.1. The van der Waals surface area contributed by atoms with Crippen molar-refractivity contribution in [1.82, 2.24) is 0 Å². The molecular formula is C18H38. The Morgan fingerprint density at radius 2 is 0.944 bits per heavy atom. The van der Waals surface area contributed by atoms with Gasteiger partial charge in [0, 0.05) is 0 Å². The van der Waals surface area contributed by atoms with E-state index in [2.05, 4.69) is 81.4 Å². The van der Waals surface area contributed by atoms with E-state index in [1.165, 1.54) is 0 Å². The summed E-state index contributed by atoms with van der Waals surface area (Å²) in [6, 6.07) is 0. The number of allylic oxidation sites excluding steroid dienone is 2. The van der Waals surface area contributed by atoms with Gasteiger partial charge in [-0.1, -0.05) is 88.3 Å². The standard InChI is InChI=1S/C16H32.C2H6/c1-11-12-14(5,6)16(9,10)15(7,8)13(2,3)4;1-2/h11-12H,1-10H3;1-2H3/b12-11-;. The summed E-state index contributed by atoms with van der Waals surface area (Å²) in [6.45, 7) is 27.5. The molecule has 0 saturated carbocycles. The van der Waals surface area contributed by atoms with Gasteiger partial charge in [0.25, 0.3) is 0 Å². The molecule has 0 aliphatic rings. The molecule has 0 saturated heterocycles. The van der Waals surface area contributed by atoms with Gasteiger partial charge >= 0.3 is 0 Å². The van der Waals surface area contributed by atoms with Gasteiger partial charge in [-0.2, -0.15) is 0 Å². The zero-order valence-corrected chi connectivity index (χ0v) is 15.2. The van der Waals surface area contributed by atoms with Crippen molar-refractivity contribution in [3.63, 3.8) is 0 Å². The Morgan fingerprint density at radius 3 is 1.17 bits per heavy atom. The van der Waals surface area contributed by atoms with Crippen LogP contribution in [-0.4, -0.2) is 0 Å². The minimum absolute atomic E-state index is 0.207. The molecule has 0 aromatic rings. The second-order valence-electron chi connectivity index (χ2n) is 7.72. The first-order chi connectivity index (χ1) is 7.81. The molecule has 0 aliphatic carbocycles. The van der Waals surface area contributed by atoms with Crippen LogP contribution in [0.4, 0.5) is 0 Å². The van der Waals surface area contributed by atoms with Crippen molar-refractivity contribution < 1.29 is 0 Å². The molecule has 110 valence electrons. The normalized spacial score (nSPS) is 14.4. The van der Waals surface area contributed by atoms with Crippen molar-refractivity contribution in [1.29, 1.82) is 0 Å². The monoisotopic (exact) mass is 254 g/mol. The van der Waals surface area contributed by atoms with Crippen LogP contribution in [0.5, 0.6) is 0 Å². The smallest absolute Gasteiger partial charge is 0.0119 e. The van der Waals surface area contributed by atoms with Crippen molar-refractivity contribution in [3.05, 3.63) is 12.2 Å². The first-order valence-corrected chi connectivity index (χ1v) is 7.45. The van der Waals surface area contributed by atoms with Gasteiger partial charge in [-0.15, -0.1) is 0 Å². The van der Waals surface area contributed by atoms with E-state index in [9.17, 15) is 0 Å². The molecule has 0 aromatic carbocycles. The van der Waals surface area contributed by atoms with Crippen LogP contribution in [0.2, 0.25) is 0 Å². The van der Waals surface area contributed by atoms with E-state index in [4.69, 9.17) is 0 Å². The predicted molar refractivity (Wildman–Crippen MR) is 87.0 cm³/mol. The Kier molecular flexibility index (Phi) is 6.98. The van der Waals surface area contributed by atoms with Crippen molar-refractivity contribution in [2.24, 2.45) is 21.7 Å². The second-order valence-corrected chi connectivity index (χ2v) is 7.72. The summed E-state index contributed by atoms with van der Waals surface area (Å²) in [5.74, 6) is 0. The highest BCUT2D eigenvalue weighted by Crippen LogP contribution is 2.59. The molecule has 18 heavy (non-hydrogen) atoms. The van der Waals surface area contributed by atoms with Crippen LogP contribution < -0.4 is 0 Å². The van der Waals surface area contributed by atoms with Gasteiger partial charge < -0.3 is 0 Å². The fraction of sp³-hybridized carbons (Fsp3) is 0.889. The maximum absolute atomic E-state index is 2.40. The first-order valence-electron chi connectivity index (χ1n) is 7.45. The van der Waals surface area contributed by atoms with Gasteiger partial charge in [0.15, 0.2) is 0 Å². The summed E-state index contributed by atoms with van der Waals surface area (Å²) in [4.78, 5) is 0. The van der Waals surface area contributed by atoms with Crippen molar-refractivity contribution in [3.8, 4) is 0 Å². The van der Waals surface area contributed by atoms with Crippen LogP contribution in [0.15, 0.2) is 12.2 Å². The topological polar surface area (TPSA) is 0 Å². The molecule has 0 aliphatic heterocycles. The lowest BCUT2D eigenvalue weighted by Crippen LogP contribution is -2.50. The van der Waals surface area contributed by atoms with Crippen LogP contribution in [0.1, 0.15) is 83.1 Å². The Hall–Kier alpha value is -0.260. The minimum Gasteiger partial charge on any atom is -0.0911 e. The summed E-state index contributed by atoms with van der Waals surface area (Å²) in [7, 11) is 0. The van der Waals surface area contributed by atoms with E-state index >= 15 is 0 Å². The van der Waals surface area contributed by atoms with Gasteiger partial charge in [0.2, 0.25) is 0 Å². The summed E-state index contributed by atoms with van der Waals surface area (Å²) in [5.41, 5.74) is 1.02. The van der Waals surface area contributed by atoms with Gasteiger partial charge in [0.1, 0.15) is 0 Å². The molecule has 0 aromatic heterocycles. The van der Waals surface area contributed by atoms with E-state index in [-0.39, 0.29) is 16.2 Å². The maximum atomic E-state index is 2.40. The molecule has 0 bridgehead atoms. The Bertz CT molecular complexity index is 256. The average Bonchev–Trinajstić information content (AvgIpc) is 2.18. The molecule has 0 heteroatoms. The lowest BCUT2D eigenvalue weighted by molar-refractivity contribution is -0.0671. The lowest BCUT2D eigenvalue weighted by Gasteiger charge is -2.57. The number of hydrogen-bond acceptors (Lipinski definition) is 0. The molecule has 0 N–H and O–H groups in total. The molecule has 0 rings (SSSR count). The summed E-state index contributed by atoms with van der Waals surface area (Å²) in [5, 5.41) is 0. The van der Waals surface area contributed by atoms with Crippen LogP contribution >= 0.6 is 0 Å². The fourth-order valence-electron chi connectivity index (χ4n) is 2.37. The molecule has 0 unspecified atom stereocenters. The molecule has 0 heterocycles. The summed E-state index contributed by atoms with van der Waals surface area (Å²) < 4.78 is 0. The highest BCUT2D eigenvalue weighted by molar-refractivity contribution is 5.08. The highest BCUT2D eigenvalue weighted by atomic mass is 14.6. The molecule has 0 nitrogen and oxygen atoms in total. The predicted octanol–water partition coefficient (Wildman–Crippen LogP) is 6.71. The summed E-state index contributed by atoms with van der Waals surface area (Å²) >= 11 is 0. The van der Waals surface area contributed by atoms with Gasteiger partial charge in [0.05, 0.1) is 0 Å².